The molecule has 0 spiro atoms. The van der Waals surface area contributed by atoms with Crippen molar-refractivity contribution in [1.29, 1.82) is 0 Å². The molecule has 1 aliphatic heterocycles. The normalized spacial score (nSPS) is 17.2. The standard InChI is InChI=1S/C18H19F3N2O/c1-2-3-12-4-5-14-11-15(7-6-13(14)10-12)17(18(19,20)21)23-9-8-16(24)22-23/h4-7,10-11,17H,2-3,8-9H2,1H3,(H,22,24)/t17-/m0/s1. The summed E-state index contributed by atoms with van der Waals surface area (Å²) in [5.41, 5.74) is 3.62. The first-order valence-corrected chi connectivity index (χ1v) is 8.04. The fourth-order valence-electron chi connectivity index (χ4n) is 3.16. The summed E-state index contributed by atoms with van der Waals surface area (Å²) in [6, 6.07) is 8.79. The number of carbonyl (C=O) groups is 1. The zero-order chi connectivity index (χ0) is 17.3. The number of alkyl halides is 3. The molecule has 3 nitrogen and oxygen atoms in total. The second-order valence-corrected chi connectivity index (χ2v) is 6.11. The van der Waals surface area contributed by atoms with Crippen LogP contribution in [0.5, 0.6) is 0 Å². The SMILES string of the molecule is CCCc1ccc2cc([C@H](N3CCC(=O)N3)C(F)(F)F)ccc2c1. The van der Waals surface area contributed by atoms with Gasteiger partial charge in [-0.05, 0) is 34.4 Å². The lowest BCUT2D eigenvalue weighted by molar-refractivity contribution is -0.191. The summed E-state index contributed by atoms with van der Waals surface area (Å²) >= 11 is 0. The smallest absolute Gasteiger partial charge is 0.288 e. The van der Waals surface area contributed by atoms with Crippen LogP contribution in [-0.4, -0.2) is 23.6 Å². The molecule has 2 aromatic rings. The third-order valence-electron chi connectivity index (χ3n) is 4.25. The number of halogens is 3. The number of amides is 1. The molecule has 0 bridgehead atoms. The first kappa shape index (κ1) is 16.8. The Hall–Kier alpha value is -2.08. The number of nitrogens with zero attached hydrogens (tertiary/aromatic N) is 1. The molecule has 3 rings (SSSR count). The maximum Gasteiger partial charge on any atom is 0.409 e. The van der Waals surface area contributed by atoms with Crippen molar-refractivity contribution in [3.8, 4) is 0 Å². The highest BCUT2D eigenvalue weighted by Gasteiger charge is 2.46. The molecule has 0 radical (unpaired) electrons. The second kappa shape index (κ2) is 6.43. The summed E-state index contributed by atoms with van der Waals surface area (Å²) in [5.74, 6) is -0.380. The highest BCUT2D eigenvalue weighted by atomic mass is 19.4. The minimum atomic E-state index is -4.46. The van der Waals surface area contributed by atoms with Gasteiger partial charge in [0.1, 0.15) is 6.04 Å². The maximum absolute atomic E-state index is 13.6. The second-order valence-electron chi connectivity index (χ2n) is 6.11. The van der Waals surface area contributed by atoms with E-state index in [4.69, 9.17) is 0 Å². The van der Waals surface area contributed by atoms with E-state index in [9.17, 15) is 18.0 Å². The molecule has 1 fully saturated rings. The van der Waals surface area contributed by atoms with E-state index >= 15 is 0 Å². The molecule has 6 heteroatoms. The number of hydrazine groups is 1. The molecule has 0 unspecified atom stereocenters. The zero-order valence-corrected chi connectivity index (χ0v) is 13.4. The van der Waals surface area contributed by atoms with Crippen LogP contribution in [0.4, 0.5) is 13.2 Å². The highest BCUT2D eigenvalue weighted by molar-refractivity contribution is 5.84. The van der Waals surface area contributed by atoms with Crippen LogP contribution in [0.3, 0.4) is 0 Å². The van der Waals surface area contributed by atoms with Gasteiger partial charge in [-0.1, -0.05) is 43.7 Å². The fraction of sp³-hybridized carbons (Fsp3) is 0.389. The number of hydrogen-bond donors (Lipinski definition) is 1. The van der Waals surface area contributed by atoms with E-state index in [0.717, 1.165) is 28.6 Å². The summed E-state index contributed by atoms with van der Waals surface area (Å²) in [6.07, 6.45) is -2.41. The minimum Gasteiger partial charge on any atom is -0.288 e. The molecule has 2 aromatic carbocycles. The monoisotopic (exact) mass is 336 g/mol. The van der Waals surface area contributed by atoms with Crippen LogP contribution in [0.25, 0.3) is 10.8 Å². The van der Waals surface area contributed by atoms with E-state index in [0.29, 0.717) is 0 Å². The van der Waals surface area contributed by atoms with E-state index < -0.39 is 12.2 Å². The first-order chi connectivity index (χ1) is 11.4. The van der Waals surface area contributed by atoms with E-state index in [1.165, 1.54) is 11.6 Å². The topological polar surface area (TPSA) is 32.3 Å². The van der Waals surface area contributed by atoms with E-state index in [-0.39, 0.29) is 24.4 Å². The van der Waals surface area contributed by atoms with Crippen LogP contribution in [0.1, 0.15) is 36.9 Å². The lowest BCUT2D eigenvalue weighted by Crippen LogP contribution is -2.43. The molecular formula is C18H19F3N2O. The van der Waals surface area contributed by atoms with E-state index in [1.807, 2.05) is 18.2 Å². The Bertz CT molecular complexity index is 758. The molecule has 1 aliphatic rings. The van der Waals surface area contributed by atoms with Crippen LogP contribution >= 0.6 is 0 Å². The van der Waals surface area contributed by atoms with Gasteiger partial charge in [-0.3, -0.25) is 10.2 Å². The molecular weight excluding hydrogens is 317 g/mol. The van der Waals surface area contributed by atoms with Gasteiger partial charge in [0.25, 0.3) is 0 Å². The van der Waals surface area contributed by atoms with Gasteiger partial charge >= 0.3 is 6.18 Å². The summed E-state index contributed by atoms with van der Waals surface area (Å²) in [7, 11) is 0. The molecule has 1 N–H and O–H groups in total. The molecule has 1 heterocycles. The van der Waals surface area contributed by atoms with Gasteiger partial charge in [0.2, 0.25) is 5.91 Å². The van der Waals surface area contributed by atoms with Crippen molar-refractivity contribution in [2.45, 2.75) is 38.4 Å². The minimum absolute atomic E-state index is 0.0521. The van der Waals surface area contributed by atoms with Crippen LogP contribution < -0.4 is 5.43 Å². The maximum atomic E-state index is 13.6. The highest BCUT2D eigenvalue weighted by Crippen LogP contribution is 2.38. The van der Waals surface area contributed by atoms with Crippen molar-refractivity contribution >= 4 is 16.7 Å². The van der Waals surface area contributed by atoms with Gasteiger partial charge in [-0.2, -0.15) is 13.2 Å². The predicted octanol–water partition coefficient (Wildman–Crippen LogP) is 4.13. The number of benzene rings is 2. The van der Waals surface area contributed by atoms with Crippen molar-refractivity contribution < 1.29 is 18.0 Å². The fourth-order valence-corrected chi connectivity index (χ4v) is 3.16. The number of fused-ring (bicyclic) bond motifs is 1. The average molecular weight is 336 g/mol. The van der Waals surface area contributed by atoms with Crippen molar-refractivity contribution in [2.24, 2.45) is 0 Å². The predicted molar refractivity (Wildman–Crippen MR) is 86.2 cm³/mol. The number of aryl methyl sites for hydroxylation is 1. The van der Waals surface area contributed by atoms with Crippen molar-refractivity contribution in [2.75, 3.05) is 6.54 Å². The molecule has 128 valence electrons. The Balaban J connectivity index is 1.98. The van der Waals surface area contributed by atoms with Gasteiger partial charge < -0.3 is 0 Å². The van der Waals surface area contributed by atoms with Gasteiger partial charge in [0, 0.05) is 13.0 Å². The number of rotatable bonds is 4. The summed E-state index contributed by atoms with van der Waals surface area (Å²) in [4.78, 5) is 11.3. The lowest BCUT2D eigenvalue weighted by Gasteiger charge is -2.29. The quantitative estimate of drug-likeness (QED) is 0.910. The van der Waals surface area contributed by atoms with Crippen LogP contribution in [0, 0.1) is 0 Å². The third-order valence-corrected chi connectivity index (χ3v) is 4.25. The summed E-state index contributed by atoms with van der Waals surface area (Å²) < 4.78 is 40.7. The summed E-state index contributed by atoms with van der Waals surface area (Å²) in [5, 5.41) is 2.68. The number of hydrogen-bond acceptors (Lipinski definition) is 2. The molecule has 0 aromatic heterocycles. The van der Waals surface area contributed by atoms with Gasteiger partial charge in [0.15, 0.2) is 0 Å². The van der Waals surface area contributed by atoms with Crippen molar-refractivity contribution in [1.82, 2.24) is 10.4 Å². The number of nitrogens with one attached hydrogen (secondary N) is 1. The van der Waals surface area contributed by atoms with Crippen LogP contribution in [0.15, 0.2) is 36.4 Å². The molecule has 1 saturated heterocycles. The Kier molecular flexibility index (Phi) is 4.49. The van der Waals surface area contributed by atoms with Crippen LogP contribution in [0.2, 0.25) is 0 Å². The Morgan fingerprint density at radius 3 is 2.50 bits per heavy atom. The van der Waals surface area contributed by atoms with Gasteiger partial charge in [-0.15, -0.1) is 0 Å². The molecule has 0 saturated carbocycles. The van der Waals surface area contributed by atoms with Crippen molar-refractivity contribution in [3.05, 3.63) is 47.5 Å². The molecule has 1 amide bonds. The van der Waals surface area contributed by atoms with Gasteiger partial charge in [0.05, 0.1) is 0 Å². The molecule has 24 heavy (non-hydrogen) atoms. The van der Waals surface area contributed by atoms with E-state index in [1.54, 1.807) is 12.1 Å². The Labute approximate surface area is 138 Å². The van der Waals surface area contributed by atoms with Crippen molar-refractivity contribution in [3.63, 3.8) is 0 Å². The first-order valence-electron chi connectivity index (χ1n) is 8.04. The Morgan fingerprint density at radius 1 is 1.17 bits per heavy atom. The lowest BCUT2D eigenvalue weighted by atomic mass is 9.98. The summed E-state index contributed by atoms with van der Waals surface area (Å²) in [6.45, 7) is 2.14. The van der Waals surface area contributed by atoms with Crippen LogP contribution in [-0.2, 0) is 11.2 Å². The molecule has 0 aliphatic carbocycles. The third kappa shape index (κ3) is 3.38. The zero-order valence-electron chi connectivity index (χ0n) is 13.4. The number of carbonyl (C=O) groups excluding carboxylic acids is 1. The Morgan fingerprint density at radius 2 is 1.88 bits per heavy atom. The average Bonchev–Trinajstić information content (AvgIpc) is 2.92. The van der Waals surface area contributed by atoms with E-state index in [2.05, 4.69) is 12.3 Å². The van der Waals surface area contributed by atoms with Gasteiger partial charge in [-0.25, -0.2) is 5.01 Å². The largest absolute Gasteiger partial charge is 0.409 e. The molecule has 1 atom stereocenters.